The molecule has 0 radical (unpaired) electrons. The van der Waals surface area contributed by atoms with Gasteiger partial charge in [0, 0.05) is 10.7 Å². The van der Waals surface area contributed by atoms with Crippen LogP contribution in [0.2, 0.25) is 5.02 Å². The van der Waals surface area contributed by atoms with Crippen molar-refractivity contribution in [1.82, 2.24) is 0 Å². The zero-order valence-electron chi connectivity index (χ0n) is 10.2. The molecule has 3 nitrogen and oxygen atoms in total. The van der Waals surface area contributed by atoms with Crippen LogP contribution in [0.5, 0.6) is 0 Å². The zero-order chi connectivity index (χ0) is 13.2. The van der Waals surface area contributed by atoms with Crippen LogP contribution in [0.3, 0.4) is 0 Å². The molecule has 1 aromatic rings. The summed E-state index contributed by atoms with van der Waals surface area (Å²) in [6, 6.07) is 5.28. The maximum absolute atomic E-state index is 12.1. The first kappa shape index (κ1) is 13.7. The molecule has 1 aromatic carbocycles. The summed E-state index contributed by atoms with van der Waals surface area (Å²) >= 11 is 7.63. The molecular weight excluding hydrogens is 270 g/mol. The number of amides is 1. The first-order valence-corrected chi connectivity index (χ1v) is 7.42. The Morgan fingerprint density at radius 3 is 2.72 bits per heavy atom. The van der Waals surface area contributed by atoms with E-state index in [1.165, 1.54) is 0 Å². The SMILES string of the molecule is Cc1cc(Cl)ccc1NC(=O)C1(O)CCSCC1. The summed E-state index contributed by atoms with van der Waals surface area (Å²) in [6.45, 7) is 1.88. The fourth-order valence-corrected chi connectivity index (χ4v) is 3.34. The number of carbonyl (C=O) groups is 1. The van der Waals surface area contributed by atoms with Crippen molar-refractivity contribution in [1.29, 1.82) is 0 Å². The second-order valence-corrected chi connectivity index (χ2v) is 6.22. The van der Waals surface area contributed by atoms with Gasteiger partial charge in [-0.25, -0.2) is 0 Å². The normalized spacial score (nSPS) is 18.4. The molecule has 0 unspecified atom stereocenters. The van der Waals surface area contributed by atoms with Crippen molar-refractivity contribution in [2.24, 2.45) is 0 Å². The average Bonchev–Trinajstić information content (AvgIpc) is 2.33. The topological polar surface area (TPSA) is 49.3 Å². The van der Waals surface area contributed by atoms with Gasteiger partial charge < -0.3 is 10.4 Å². The Bertz CT molecular complexity index is 458. The maximum Gasteiger partial charge on any atom is 0.256 e. The molecule has 0 bridgehead atoms. The van der Waals surface area contributed by atoms with E-state index in [-0.39, 0.29) is 5.91 Å². The third-order valence-corrected chi connectivity index (χ3v) is 4.40. The standard InChI is InChI=1S/C13H16ClNO2S/c1-9-8-10(14)2-3-11(9)15-12(16)13(17)4-6-18-7-5-13/h2-3,8,17H,4-7H2,1H3,(H,15,16). The Morgan fingerprint density at radius 1 is 1.44 bits per heavy atom. The second-order valence-electron chi connectivity index (χ2n) is 4.56. The van der Waals surface area contributed by atoms with Crippen molar-refractivity contribution in [2.45, 2.75) is 25.4 Å². The Morgan fingerprint density at radius 2 is 2.11 bits per heavy atom. The number of carbonyl (C=O) groups excluding carboxylic acids is 1. The number of anilines is 1. The minimum absolute atomic E-state index is 0.312. The van der Waals surface area contributed by atoms with Crippen molar-refractivity contribution in [3.8, 4) is 0 Å². The van der Waals surface area contributed by atoms with Gasteiger partial charge >= 0.3 is 0 Å². The van der Waals surface area contributed by atoms with Crippen LogP contribution >= 0.6 is 23.4 Å². The van der Waals surface area contributed by atoms with E-state index in [1.54, 1.807) is 30.0 Å². The Balaban J connectivity index is 2.11. The smallest absolute Gasteiger partial charge is 0.256 e. The van der Waals surface area contributed by atoms with Gasteiger partial charge in [0.2, 0.25) is 0 Å². The van der Waals surface area contributed by atoms with Crippen LogP contribution in [-0.4, -0.2) is 28.1 Å². The van der Waals surface area contributed by atoms with Gasteiger partial charge in [-0.3, -0.25) is 4.79 Å². The average molecular weight is 286 g/mol. The van der Waals surface area contributed by atoms with Crippen LogP contribution in [0.4, 0.5) is 5.69 Å². The van der Waals surface area contributed by atoms with Gasteiger partial charge in [0.05, 0.1) is 0 Å². The molecule has 1 heterocycles. The molecule has 2 rings (SSSR count). The van der Waals surface area contributed by atoms with E-state index in [4.69, 9.17) is 11.6 Å². The molecular formula is C13H16ClNO2S. The molecule has 0 saturated carbocycles. The van der Waals surface area contributed by atoms with Crippen molar-refractivity contribution < 1.29 is 9.90 Å². The summed E-state index contributed by atoms with van der Waals surface area (Å²) < 4.78 is 0. The van der Waals surface area contributed by atoms with Crippen LogP contribution in [0, 0.1) is 6.92 Å². The molecule has 0 atom stereocenters. The molecule has 1 saturated heterocycles. The molecule has 1 aliphatic heterocycles. The number of nitrogens with one attached hydrogen (secondary N) is 1. The number of hydrogen-bond acceptors (Lipinski definition) is 3. The molecule has 0 aliphatic carbocycles. The van der Waals surface area contributed by atoms with E-state index in [1.807, 2.05) is 6.92 Å². The lowest BCUT2D eigenvalue weighted by Crippen LogP contribution is -2.45. The van der Waals surface area contributed by atoms with Gasteiger partial charge in [0.15, 0.2) is 0 Å². The minimum Gasteiger partial charge on any atom is -0.380 e. The van der Waals surface area contributed by atoms with Crippen LogP contribution in [0.1, 0.15) is 18.4 Å². The first-order chi connectivity index (χ1) is 8.51. The number of rotatable bonds is 2. The molecule has 2 N–H and O–H groups in total. The van der Waals surface area contributed by atoms with Gasteiger partial charge in [-0.05, 0) is 55.0 Å². The number of halogens is 1. The van der Waals surface area contributed by atoms with E-state index in [2.05, 4.69) is 5.32 Å². The Labute approximate surface area is 116 Å². The van der Waals surface area contributed by atoms with Gasteiger partial charge in [-0.2, -0.15) is 11.8 Å². The summed E-state index contributed by atoms with van der Waals surface area (Å²) in [5.74, 6) is 1.33. The van der Waals surface area contributed by atoms with Gasteiger partial charge in [0.25, 0.3) is 5.91 Å². The third kappa shape index (κ3) is 2.99. The van der Waals surface area contributed by atoms with Crippen molar-refractivity contribution in [3.63, 3.8) is 0 Å². The highest BCUT2D eigenvalue weighted by molar-refractivity contribution is 7.99. The van der Waals surface area contributed by atoms with E-state index >= 15 is 0 Å². The van der Waals surface area contributed by atoms with E-state index in [0.717, 1.165) is 17.1 Å². The van der Waals surface area contributed by atoms with E-state index in [9.17, 15) is 9.90 Å². The highest BCUT2D eigenvalue weighted by Gasteiger charge is 2.37. The van der Waals surface area contributed by atoms with E-state index in [0.29, 0.717) is 23.6 Å². The molecule has 1 amide bonds. The maximum atomic E-state index is 12.1. The van der Waals surface area contributed by atoms with Crippen molar-refractivity contribution in [3.05, 3.63) is 28.8 Å². The molecule has 5 heteroatoms. The Kier molecular flexibility index (Phi) is 4.20. The lowest BCUT2D eigenvalue weighted by atomic mass is 9.95. The predicted octanol–water partition coefficient (Wildman–Crippen LogP) is 2.85. The summed E-state index contributed by atoms with van der Waals surface area (Å²) in [6.07, 6.45) is 1.02. The monoisotopic (exact) mass is 285 g/mol. The molecule has 0 aromatic heterocycles. The Hall–Kier alpha value is -0.710. The van der Waals surface area contributed by atoms with Crippen LogP contribution in [0.15, 0.2) is 18.2 Å². The fraction of sp³-hybridized carbons (Fsp3) is 0.462. The number of aliphatic hydroxyl groups is 1. The summed E-state index contributed by atoms with van der Waals surface area (Å²) in [4.78, 5) is 12.1. The van der Waals surface area contributed by atoms with Crippen molar-refractivity contribution in [2.75, 3.05) is 16.8 Å². The van der Waals surface area contributed by atoms with Crippen LogP contribution in [0.25, 0.3) is 0 Å². The molecule has 1 fully saturated rings. The highest BCUT2D eigenvalue weighted by Crippen LogP contribution is 2.29. The quantitative estimate of drug-likeness (QED) is 0.878. The molecule has 0 spiro atoms. The summed E-state index contributed by atoms with van der Waals surface area (Å²) in [7, 11) is 0. The number of aryl methyl sites for hydroxylation is 1. The van der Waals surface area contributed by atoms with E-state index < -0.39 is 5.60 Å². The number of thioether (sulfide) groups is 1. The fourth-order valence-electron chi connectivity index (χ4n) is 1.94. The van der Waals surface area contributed by atoms with Gasteiger partial charge in [0.1, 0.15) is 5.60 Å². The third-order valence-electron chi connectivity index (χ3n) is 3.18. The first-order valence-electron chi connectivity index (χ1n) is 5.89. The molecule has 98 valence electrons. The molecule has 18 heavy (non-hydrogen) atoms. The van der Waals surface area contributed by atoms with Crippen LogP contribution in [-0.2, 0) is 4.79 Å². The molecule has 1 aliphatic rings. The minimum atomic E-state index is -1.22. The van der Waals surface area contributed by atoms with Crippen LogP contribution < -0.4 is 5.32 Å². The predicted molar refractivity (Wildman–Crippen MR) is 76.3 cm³/mol. The van der Waals surface area contributed by atoms with Gasteiger partial charge in [-0.1, -0.05) is 11.6 Å². The lowest BCUT2D eigenvalue weighted by Gasteiger charge is -2.30. The lowest BCUT2D eigenvalue weighted by molar-refractivity contribution is -0.134. The zero-order valence-corrected chi connectivity index (χ0v) is 11.8. The summed E-state index contributed by atoms with van der Waals surface area (Å²) in [5, 5.41) is 13.7. The van der Waals surface area contributed by atoms with Crippen molar-refractivity contribution >= 4 is 35.0 Å². The summed E-state index contributed by atoms with van der Waals surface area (Å²) in [5.41, 5.74) is 0.373. The largest absolute Gasteiger partial charge is 0.380 e. The van der Waals surface area contributed by atoms with Gasteiger partial charge in [-0.15, -0.1) is 0 Å². The number of benzene rings is 1. The number of hydrogen-bond donors (Lipinski definition) is 2. The second kappa shape index (κ2) is 5.51. The highest BCUT2D eigenvalue weighted by atomic mass is 35.5.